The standard InChI is InChI=1S/C65H49NO4S9/c1-2-60(67)69-37-36-66-64(68)70-38-65(39-71-45-30-24-42(25-31-45)48-12-9-21-57-61(48)77-54-18-6-3-15-51(54)74-57,40-72-46-32-26-43(27-33-46)49-13-10-22-58-62(49)78-55-19-7-4-16-52(55)75-58)41-73-47-34-28-44(29-35-47)50-14-11-23-59-63(50)79-56-20-8-5-17-53(56)76-59/h2-35H,1,36-41H2,(H,66,68). The summed E-state index contributed by atoms with van der Waals surface area (Å²) in [6, 6.07) is 72.4. The summed E-state index contributed by atoms with van der Waals surface area (Å²) in [5.74, 6) is 1.49. The molecule has 3 aliphatic rings. The van der Waals surface area contributed by atoms with Crippen LogP contribution < -0.4 is 5.32 Å². The minimum atomic E-state index is -0.559. The first-order chi connectivity index (χ1) is 38.8. The summed E-state index contributed by atoms with van der Waals surface area (Å²) in [5, 5.41) is 2.80. The van der Waals surface area contributed by atoms with Crippen molar-refractivity contribution in [3.63, 3.8) is 0 Å². The van der Waals surface area contributed by atoms with Gasteiger partial charge in [0.15, 0.2) is 0 Å². The van der Waals surface area contributed by atoms with Crippen molar-refractivity contribution in [3.8, 4) is 33.4 Å². The Labute approximate surface area is 499 Å². The van der Waals surface area contributed by atoms with Gasteiger partial charge in [0.25, 0.3) is 0 Å². The lowest BCUT2D eigenvalue weighted by atomic mass is 9.97. The van der Waals surface area contributed by atoms with Crippen LogP contribution in [0, 0.1) is 5.41 Å². The fraction of sp³-hybridized carbons (Fsp3) is 0.108. The molecule has 12 rings (SSSR count). The van der Waals surface area contributed by atoms with E-state index in [0.717, 1.165) is 20.8 Å². The van der Waals surface area contributed by atoms with Gasteiger partial charge in [0.1, 0.15) is 13.2 Å². The minimum Gasteiger partial charge on any atom is -0.461 e. The molecule has 5 nitrogen and oxygen atoms in total. The molecule has 3 heterocycles. The molecule has 0 aliphatic carbocycles. The van der Waals surface area contributed by atoms with Gasteiger partial charge in [-0.25, -0.2) is 9.59 Å². The van der Waals surface area contributed by atoms with E-state index < -0.39 is 17.5 Å². The molecule has 0 saturated carbocycles. The Balaban J connectivity index is 0.818. The number of carbonyl (C=O) groups excluding carboxylic acids is 2. The molecule has 1 amide bonds. The Morgan fingerprint density at radius 3 is 1.09 bits per heavy atom. The number of esters is 1. The third-order valence-electron chi connectivity index (χ3n) is 13.2. The van der Waals surface area contributed by atoms with Crippen molar-refractivity contribution in [2.75, 3.05) is 37.0 Å². The van der Waals surface area contributed by atoms with Crippen molar-refractivity contribution in [1.29, 1.82) is 0 Å². The number of hydrogen-bond acceptors (Lipinski definition) is 13. The predicted octanol–water partition coefficient (Wildman–Crippen LogP) is 19.7. The largest absolute Gasteiger partial charge is 0.461 e. The van der Waals surface area contributed by atoms with Gasteiger partial charge in [0, 0.05) is 102 Å². The van der Waals surface area contributed by atoms with Crippen LogP contribution >= 0.6 is 106 Å². The van der Waals surface area contributed by atoms with Crippen LogP contribution in [-0.4, -0.2) is 49.1 Å². The van der Waals surface area contributed by atoms with Crippen molar-refractivity contribution in [3.05, 3.63) is 213 Å². The average Bonchev–Trinajstić information content (AvgIpc) is 3.51. The lowest BCUT2D eigenvalue weighted by Crippen LogP contribution is -2.39. The number of alkyl carbamates (subject to hydrolysis) is 1. The van der Waals surface area contributed by atoms with Crippen LogP contribution in [0.1, 0.15) is 0 Å². The molecule has 9 aromatic rings. The number of hydrogen-bond donors (Lipinski definition) is 1. The van der Waals surface area contributed by atoms with Crippen LogP contribution in [0.5, 0.6) is 0 Å². The lowest BCUT2D eigenvalue weighted by Gasteiger charge is -2.33. The highest BCUT2D eigenvalue weighted by Crippen LogP contribution is 2.55. The molecule has 0 atom stereocenters. The van der Waals surface area contributed by atoms with Crippen LogP contribution in [0.2, 0.25) is 0 Å². The number of rotatable bonds is 18. The van der Waals surface area contributed by atoms with Gasteiger partial charge in [0.2, 0.25) is 0 Å². The monoisotopic (exact) mass is 1200 g/mol. The fourth-order valence-electron chi connectivity index (χ4n) is 9.11. The highest BCUT2D eigenvalue weighted by atomic mass is 32.2. The first kappa shape index (κ1) is 54.2. The maximum Gasteiger partial charge on any atom is 0.407 e. The van der Waals surface area contributed by atoms with Gasteiger partial charge in [0.05, 0.1) is 6.54 Å². The van der Waals surface area contributed by atoms with E-state index in [1.54, 1.807) is 35.3 Å². The fourth-order valence-corrected chi connectivity index (χ4v) is 20.0. The van der Waals surface area contributed by atoms with Crippen LogP contribution in [0.15, 0.2) is 286 Å². The van der Waals surface area contributed by atoms with Crippen LogP contribution in [0.4, 0.5) is 4.79 Å². The molecular formula is C65H49NO4S9. The van der Waals surface area contributed by atoms with Crippen molar-refractivity contribution in [1.82, 2.24) is 5.32 Å². The van der Waals surface area contributed by atoms with Gasteiger partial charge in [-0.1, -0.05) is 186 Å². The lowest BCUT2D eigenvalue weighted by molar-refractivity contribution is -0.137. The molecule has 0 radical (unpaired) electrons. The summed E-state index contributed by atoms with van der Waals surface area (Å²) in [4.78, 5) is 44.1. The van der Waals surface area contributed by atoms with E-state index in [1.807, 2.05) is 70.6 Å². The number of ether oxygens (including phenoxy) is 2. The molecule has 3 aliphatic heterocycles. The molecule has 0 unspecified atom stereocenters. The second-order valence-corrected chi connectivity index (χ2v) is 28.2. The maximum absolute atomic E-state index is 13.5. The summed E-state index contributed by atoms with van der Waals surface area (Å²) in [6.45, 7) is 3.77. The molecule has 392 valence electrons. The third kappa shape index (κ3) is 12.7. The van der Waals surface area contributed by atoms with Crippen molar-refractivity contribution in [2.24, 2.45) is 5.41 Å². The highest BCUT2D eigenvalue weighted by molar-refractivity contribution is 8.06. The summed E-state index contributed by atoms with van der Waals surface area (Å²) in [6.07, 6.45) is 0.551. The molecule has 0 bridgehead atoms. The first-order valence-corrected chi connectivity index (χ1v) is 33.3. The molecule has 79 heavy (non-hydrogen) atoms. The van der Waals surface area contributed by atoms with Gasteiger partial charge in [-0.15, -0.1) is 35.3 Å². The summed E-state index contributed by atoms with van der Waals surface area (Å²) < 4.78 is 11.3. The van der Waals surface area contributed by atoms with Crippen LogP contribution in [0.25, 0.3) is 33.4 Å². The number of fused-ring (bicyclic) bond motifs is 6. The molecule has 0 saturated heterocycles. The first-order valence-electron chi connectivity index (χ1n) is 25.5. The molecule has 0 fully saturated rings. The SMILES string of the molecule is C=CC(=O)OCCNC(=O)OCC(CSc1ccc(-c2cccc3c2Sc2ccccc2S3)cc1)(CSc1ccc(-c2cccc3c2Sc2ccccc2S3)cc1)CSc1ccc(-c2cccc3c2Sc2ccccc2S3)cc1. The zero-order chi connectivity index (χ0) is 53.5. The van der Waals surface area contributed by atoms with Crippen LogP contribution in [0.3, 0.4) is 0 Å². The minimum absolute atomic E-state index is 0.0124. The number of carbonyl (C=O) groups is 2. The number of nitrogens with one attached hydrogen (secondary N) is 1. The van der Waals surface area contributed by atoms with Gasteiger partial charge in [-0.05, 0) is 124 Å². The van der Waals surface area contributed by atoms with E-state index in [-0.39, 0.29) is 19.8 Å². The van der Waals surface area contributed by atoms with E-state index in [0.29, 0.717) is 17.3 Å². The Morgan fingerprint density at radius 2 is 0.747 bits per heavy atom. The molecule has 0 aromatic heterocycles. The number of benzene rings is 9. The molecule has 14 heteroatoms. The molecule has 9 aromatic carbocycles. The highest BCUT2D eigenvalue weighted by Gasteiger charge is 2.34. The Bertz CT molecular complexity index is 3370. The number of amides is 1. The zero-order valence-electron chi connectivity index (χ0n) is 42.4. The summed E-state index contributed by atoms with van der Waals surface area (Å²) >= 11 is 16.4. The predicted molar refractivity (Wildman–Crippen MR) is 335 cm³/mol. The van der Waals surface area contributed by atoms with E-state index in [4.69, 9.17) is 9.47 Å². The van der Waals surface area contributed by atoms with E-state index in [9.17, 15) is 9.59 Å². The molecule has 1 N–H and O–H groups in total. The Kier molecular flexibility index (Phi) is 17.3. The second kappa shape index (κ2) is 25.2. The van der Waals surface area contributed by atoms with Gasteiger partial charge in [-0.3, -0.25) is 0 Å². The van der Waals surface area contributed by atoms with Gasteiger partial charge >= 0.3 is 12.1 Å². The summed E-state index contributed by atoms with van der Waals surface area (Å²) in [5.41, 5.74) is 6.69. The average molecular weight is 1200 g/mol. The second-order valence-electron chi connectivity index (χ2n) is 18.7. The van der Waals surface area contributed by atoms with Gasteiger partial charge < -0.3 is 14.8 Å². The van der Waals surface area contributed by atoms with E-state index >= 15 is 0 Å². The smallest absolute Gasteiger partial charge is 0.407 e. The van der Waals surface area contributed by atoms with E-state index in [2.05, 4.69) is 212 Å². The van der Waals surface area contributed by atoms with Crippen molar-refractivity contribution < 1.29 is 19.1 Å². The normalized spacial score (nSPS) is 12.9. The van der Waals surface area contributed by atoms with E-state index in [1.165, 1.54) is 92.1 Å². The summed E-state index contributed by atoms with van der Waals surface area (Å²) in [7, 11) is 0. The third-order valence-corrected chi connectivity index (χ3v) is 25.1. The van der Waals surface area contributed by atoms with Gasteiger partial charge in [-0.2, -0.15) is 0 Å². The van der Waals surface area contributed by atoms with Crippen LogP contribution in [-0.2, 0) is 14.3 Å². The molecular weight excluding hydrogens is 1150 g/mol. The van der Waals surface area contributed by atoms with Crippen molar-refractivity contribution >= 4 is 118 Å². The number of thioether (sulfide) groups is 3. The molecule has 0 spiro atoms. The Hall–Kier alpha value is -5.39. The van der Waals surface area contributed by atoms with Crippen molar-refractivity contribution in [2.45, 2.75) is 73.4 Å². The topological polar surface area (TPSA) is 64.6 Å². The Morgan fingerprint density at radius 1 is 0.418 bits per heavy atom. The quantitative estimate of drug-likeness (QED) is 0.0384. The zero-order valence-corrected chi connectivity index (χ0v) is 49.7. The maximum atomic E-state index is 13.5.